The third kappa shape index (κ3) is 3.42. The summed E-state index contributed by atoms with van der Waals surface area (Å²) in [7, 11) is 0. The van der Waals surface area contributed by atoms with Crippen LogP contribution in [-0.4, -0.2) is 15.1 Å². The summed E-state index contributed by atoms with van der Waals surface area (Å²) >= 11 is 0. The lowest BCUT2D eigenvalue weighted by atomic mass is 10.0. The molecule has 0 radical (unpaired) electrons. The predicted octanol–water partition coefficient (Wildman–Crippen LogP) is 3.99. The summed E-state index contributed by atoms with van der Waals surface area (Å²) in [6, 6.07) is 19.8. The highest BCUT2D eigenvalue weighted by molar-refractivity contribution is 5.56. The quantitative estimate of drug-likeness (QED) is 0.750. The first-order chi connectivity index (χ1) is 12.8. The van der Waals surface area contributed by atoms with Crippen molar-refractivity contribution in [3.05, 3.63) is 102 Å². The van der Waals surface area contributed by atoms with E-state index in [9.17, 15) is 5.11 Å². The van der Waals surface area contributed by atoms with Crippen LogP contribution in [0.4, 0.5) is 5.69 Å². The normalized spacial score (nSPS) is 13.6. The van der Waals surface area contributed by atoms with Gasteiger partial charge in [0.1, 0.15) is 5.76 Å². The molecule has 0 atom stereocenters. The highest BCUT2D eigenvalue weighted by atomic mass is 16.3. The minimum atomic E-state index is 0.235. The molecule has 1 aromatic heterocycles. The molecular formula is C21H18N4O. The van der Waals surface area contributed by atoms with Crippen LogP contribution in [0.15, 0.2) is 96.8 Å². The van der Waals surface area contributed by atoms with Gasteiger partial charge in [0.25, 0.3) is 0 Å². The van der Waals surface area contributed by atoms with Crippen molar-refractivity contribution in [3.8, 4) is 11.4 Å². The molecular weight excluding hydrogens is 324 g/mol. The Morgan fingerprint density at radius 3 is 2.54 bits per heavy atom. The molecule has 5 heteroatoms. The third-order valence-corrected chi connectivity index (χ3v) is 4.11. The lowest BCUT2D eigenvalue weighted by Crippen LogP contribution is -2.36. The van der Waals surface area contributed by atoms with Crippen molar-refractivity contribution in [3.63, 3.8) is 0 Å². The molecule has 3 aromatic rings. The summed E-state index contributed by atoms with van der Waals surface area (Å²) in [5.74, 6) is 0.925. The zero-order valence-electron chi connectivity index (χ0n) is 14.1. The summed E-state index contributed by atoms with van der Waals surface area (Å²) in [6.07, 6.45) is 7.54. The summed E-state index contributed by atoms with van der Waals surface area (Å²) < 4.78 is 0. The number of allylic oxidation sites excluding steroid dienone is 2. The first-order valence-corrected chi connectivity index (χ1v) is 8.37. The fraction of sp³-hybridized carbons (Fsp3) is 0.0476. The van der Waals surface area contributed by atoms with Gasteiger partial charge in [-0.2, -0.15) is 0 Å². The minimum absolute atomic E-state index is 0.235. The number of aliphatic hydroxyl groups excluding tert-OH is 1. The summed E-state index contributed by atoms with van der Waals surface area (Å²) in [5.41, 5.74) is 7.03. The molecule has 1 aliphatic heterocycles. The Balaban J connectivity index is 1.56. The zero-order chi connectivity index (χ0) is 17.8. The van der Waals surface area contributed by atoms with Gasteiger partial charge >= 0.3 is 0 Å². The van der Waals surface area contributed by atoms with Gasteiger partial charge in [-0.05, 0) is 29.8 Å². The van der Waals surface area contributed by atoms with Gasteiger partial charge in [0.2, 0.25) is 0 Å². The van der Waals surface area contributed by atoms with Crippen LogP contribution in [0, 0.1) is 0 Å². The number of para-hydroxylation sites is 1. The standard InChI is InChI=1S/C21H18N4O/c26-20-10-13-25(18-8-2-1-3-9-18)24-19(20)15-16-6-4-7-17(14-16)21-22-11-5-12-23-21/h1-14,24,26H,15H2. The number of rotatable bonds is 4. The molecule has 26 heavy (non-hydrogen) atoms. The average molecular weight is 342 g/mol. The van der Waals surface area contributed by atoms with Crippen LogP contribution in [0.5, 0.6) is 0 Å². The van der Waals surface area contributed by atoms with Gasteiger partial charge in [-0.1, -0.05) is 36.4 Å². The topological polar surface area (TPSA) is 61.3 Å². The van der Waals surface area contributed by atoms with Crippen molar-refractivity contribution in [1.82, 2.24) is 15.4 Å². The van der Waals surface area contributed by atoms with E-state index in [4.69, 9.17) is 0 Å². The van der Waals surface area contributed by atoms with Crippen molar-refractivity contribution in [2.24, 2.45) is 0 Å². The van der Waals surface area contributed by atoms with Gasteiger partial charge in [0.05, 0.1) is 11.4 Å². The number of anilines is 1. The van der Waals surface area contributed by atoms with Crippen LogP contribution >= 0.6 is 0 Å². The Labute approximate surface area is 151 Å². The summed E-state index contributed by atoms with van der Waals surface area (Å²) in [4.78, 5) is 8.59. The van der Waals surface area contributed by atoms with Crippen LogP contribution in [0.2, 0.25) is 0 Å². The maximum Gasteiger partial charge on any atom is 0.159 e. The van der Waals surface area contributed by atoms with Gasteiger partial charge in [-0.25, -0.2) is 9.97 Å². The Morgan fingerprint density at radius 1 is 0.923 bits per heavy atom. The first kappa shape index (κ1) is 15.9. The molecule has 0 fully saturated rings. The molecule has 1 aliphatic rings. The predicted molar refractivity (Wildman–Crippen MR) is 102 cm³/mol. The molecule has 2 N–H and O–H groups in total. The van der Waals surface area contributed by atoms with E-state index in [1.54, 1.807) is 24.5 Å². The van der Waals surface area contributed by atoms with Crippen LogP contribution in [0.25, 0.3) is 11.4 Å². The number of benzene rings is 2. The van der Waals surface area contributed by atoms with Crippen molar-refractivity contribution >= 4 is 5.69 Å². The second kappa shape index (κ2) is 7.11. The first-order valence-electron chi connectivity index (χ1n) is 8.37. The molecule has 0 saturated carbocycles. The molecule has 0 spiro atoms. The number of nitrogens with one attached hydrogen (secondary N) is 1. The van der Waals surface area contributed by atoms with Gasteiger partial charge in [-0.15, -0.1) is 0 Å². The summed E-state index contributed by atoms with van der Waals surface area (Å²) in [6.45, 7) is 0. The minimum Gasteiger partial charge on any atom is -0.506 e. The van der Waals surface area contributed by atoms with Crippen molar-refractivity contribution in [2.75, 3.05) is 5.01 Å². The smallest absolute Gasteiger partial charge is 0.159 e. The molecule has 0 amide bonds. The highest BCUT2D eigenvalue weighted by Gasteiger charge is 2.14. The number of hydrazine groups is 1. The van der Waals surface area contributed by atoms with E-state index in [-0.39, 0.29) is 5.76 Å². The highest BCUT2D eigenvalue weighted by Crippen LogP contribution is 2.22. The number of hydrogen-bond acceptors (Lipinski definition) is 5. The molecule has 2 heterocycles. The Morgan fingerprint density at radius 2 is 1.73 bits per heavy atom. The van der Waals surface area contributed by atoms with E-state index in [1.165, 1.54) is 0 Å². The van der Waals surface area contributed by atoms with E-state index < -0.39 is 0 Å². The molecule has 0 bridgehead atoms. The number of aliphatic hydroxyl groups is 1. The lowest BCUT2D eigenvalue weighted by Gasteiger charge is -2.28. The number of aromatic nitrogens is 2. The Bertz CT molecular complexity index is 952. The zero-order valence-corrected chi connectivity index (χ0v) is 14.1. The van der Waals surface area contributed by atoms with E-state index in [1.807, 2.05) is 65.8 Å². The maximum atomic E-state index is 10.3. The van der Waals surface area contributed by atoms with Gasteiger partial charge < -0.3 is 5.11 Å². The van der Waals surface area contributed by atoms with Gasteiger partial charge in [0.15, 0.2) is 5.82 Å². The lowest BCUT2D eigenvalue weighted by molar-refractivity contribution is 0.412. The molecule has 2 aromatic carbocycles. The fourth-order valence-corrected chi connectivity index (χ4v) is 2.83. The van der Waals surface area contributed by atoms with Crippen LogP contribution < -0.4 is 10.4 Å². The number of nitrogens with zero attached hydrogens (tertiary/aromatic N) is 3. The largest absolute Gasteiger partial charge is 0.506 e. The van der Waals surface area contributed by atoms with E-state index in [0.29, 0.717) is 12.2 Å². The van der Waals surface area contributed by atoms with Crippen molar-refractivity contribution in [1.29, 1.82) is 0 Å². The fourth-order valence-electron chi connectivity index (χ4n) is 2.83. The van der Waals surface area contributed by atoms with Crippen molar-refractivity contribution in [2.45, 2.75) is 6.42 Å². The Kier molecular flexibility index (Phi) is 4.35. The van der Waals surface area contributed by atoms with E-state index in [0.717, 1.165) is 22.5 Å². The molecule has 5 nitrogen and oxygen atoms in total. The van der Waals surface area contributed by atoms with Gasteiger partial charge in [-0.3, -0.25) is 10.4 Å². The average Bonchev–Trinajstić information content (AvgIpc) is 2.71. The van der Waals surface area contributed by atoms with E-state index in [2.05, 4.69) is 15.4 Å². The summed E-state index contributed by atoms with van der Waals surface area (Å²) in [5, 5.41) is 12.1. The second-order valence-corrected chi connectivity index (χ2v) is 5.95. The molecule has 0 aliphatic carbocycles. The molecule has 0 saturated heterocycles. The molecule has 128 valence electrons. The van der Waals surface area contributed by atoms with Crippen LogP contribution in [-0.2, 0) is 6.42 Å². The third-order valence-electron chi connectivity index (χ3n) is 4.11. The number of hydrogen-bond donors (Lipinski definition) is 2. The van der Waals surface area contributed by atoms with Crippen LogP contribution in [0.1, 0.15) is 5.56 Å². The molecule has 4 rings (SSSR count). The van der Waals surface area contributed by atoms with Crippen molar-refractivity contribution < 1.29 is 5.11 Å². The van der Waals surface area contributed by atoms with Crippen LogP contribution in [0.3, 0.4) is 0 Å². The van der Waals surface area contributed by atoms with E-state index >= 15 is 0 Å². The SMILES string of the molecule is OC1=C(Cc2cccc(-c3ncccn3)c2)NN(c2ccccc2)C=C1. The molecule has 0 unspecified atom stereocenters. The Hall–Kier alpha value is -3.60. The maximum absolute atomic E-state index is 10.3. The second-order valence-electron chi connectivity index (χ2n) is 5.95. The van der Waals surface area contributed by atoms with Gasteiger partial charge in [0, 0.05) is 36.7 Å². The monoisotopic (exact) mass is 342 g/mol.